The zero-order valence-corrected chi connectivity index (χ0v) is 10.6. The SMILES string of the molecule is Nc1ccc(S(=O)(=O)Nc2ccc(N=O)cc2)cc1. The molecule has 7 heteroatoms. The van der Waals surface area contributed by atoms with Crippen molar-refractivity contribution in [3.63, 3.8) is 0 Å². The molecule has 19 heavy (non-hydrogen) atoms. The van der Waals surface area contributed by atoms with Gasteiger partial charge in [0.15, 0.2) is 0 Å². The van der Waals surface area contributed by atoms with E-state index in [0.29, 0.717) is 11.4 Å². The summed E-state index contributed by atoms with van der Waals surface area (Å²) in [5, 5.41) is 2.73. The van der Waals surface area contributed by atoms with Gasteiger partial charge >= 0.3 is 0 Å². The number of hydrogen-bond donors (Lipinski definition) is 2. The average Bonchev–Trinajstić information content (AvgIpc) is 2.40. The Hall–Kier alpha value is -2.41. The third-order valence-electron chi connectivity index (χ3n) is 2.42. The molecular weight excluding hydrogens is 266 g/mol. The molecule has 98 valence electrons. The Morgan fingerprint density at radius 2 is 1.53 bits per heavy atom. The highest BCUT2D eigenvalue weighted by Gasteiger charge is 2.13. The smallest absolute Gasteiger partial charge is 0.261 e. The molecule has 0 aliphatic heterocycles. The number of nitrogen functional groups attached to an aromatic ring is 1. The minimum absolute atomic E-state index is 0.110. The van der Waals surface area contributed by atoms with Crippen molar-refractivity contribution in [2.24, 2.45) is 5.18 Å². The van der Waals surface area contributed by atoms with Gasteiger partial charge in [-0.05, 0) is 53.7 Å². The maximum Gasteiger partial charge on any atom is 0.261 e. The summed E-state index contributed by atoms with van der Waals surface area (Å²) in [5.74, 6) is 0. The van der Waals surface area contributed by atoms with Gasteiger partial charge in [-0.1, -0.05) is 0 Å². The van der Waals surface area contributed by atoms with E-state index in [9.17, 15) is 13.3 Å². The van der Waals surface area contributed by atoms with Crippen LogP contribution in [0.4, 0.5) is 17.1 Å². The van der Waals surface area contributed by atoms with Gasteiger partial charge in [0, 0.05) is 11.4 Å². The molecule has 0 spiro atoms. The summed E-state index contributed by atoms with van der Waals surface area (Å²) in [4.78, 5) is 10.4. The maximum atomic E-state index is 12.0. The lowest BCUT2D eigenvalue weighted by Crippen LogP contribution is -2.12. The fourth-order valence-corrected chi connectivity index (χ4v) is 2.51. The monoisotopic (exact) mass is 277 g/mol. The van der Waals surface area contributed by atoms with Gasteiger partial charge in [0.1, 0.15) is 5.69 Å². The Balaban J connectivity index is 2.25. The quantitative estimate of drug-likeness (QED) is 0.662. The van der Waals surface area contributed by atoms with Crippen LogP contribution >= 0.6 is 0 Å². The van der Waals surface area contributed by atoms with E-state index in [1.54, 1.807) is 0 Å². The van der Waals surface area contributed by atoms with E-state index in [-0.39, 0.29) is 10.6 Å². The number of nitrogens with zero attached hydrogens (tertiary/aromatic N) is 1. The second-order valence-corrected chi connectivity index (χ2v) is 5.50. The molecule has 0 saturated heterocycles. The van der Waals surface area contributed by atoms with Gasteiger partial charge in [0.25, 0.3) is 10.0 Å². The first kappa shape index (κ1) is 13.0. The highest BCUT2D eigenvalue weighted by Crippen LogP contribution is 2.20. The third kappa shape index (κ3) is 3.08. The van der Waals surface area contributed by atoms with Crippen molar-refractivity contribution in [2.45, 2.75) is 4.90 Å². The Morgan fingerprint density at radius 3 is 2.05 bits per heavy atom. The molecule has 0 unspecified atom stereocenters. The molecule has 6 nitrogen and oxygen atoms in total. The molecule has 3 N–H and O–H groups in total. The fraction of sp³-hybridized carbons (Fsp3) is 0. The highest BCUT2D eigenvalue weighted by atomic mass is 32.2. The van der Waals surface area contributed by atoms with Gasteiger partial charge in [-0.25, -0.2) is 8.42 Å². The van der Waals surface area contributed by atoms with Crippen molar-refractivity contribution in [3.8, 4) is 0 Å². The Kier molecular flexibility index (Phi) is 3.48. The molecule has 2 aromatic carbocycles. The minimum atomic E-state index is -3.66. The Bertz CT molecular complexity index is 679. The number of rotatable bonds is 4. The predicted octanol–water partition coefficient (Wildman–Crippen LogP) is 2.47. The summed E-state index contributed by atoms with van der Waals surface area (Å²) in [6.45, 7) is 0. The van der Waals surface area contributed by atoms with Crippen LogP contribution in [0.1, 0.15) is 0 Å². The first-order valence-electron chi connectivity index (χ1n) is 5.33. The second kappa shape index (κ2) is 5.07. The van der Waals surface area contributed by atoms with E-state index in [4.69, 9.17) is 5.73 Å². The second-order valence-electron chi connectivity index (χ2n) is 3.81. The maximum absolute atomic E-state index is 12.0. The minimum Gasteiger partial charge on any atom is -0.399 e. The largest absolute Gasteiger partial charge is 0.399 e. The molecule has 0 aliphatic rings. The summed E-state index contributed by atoms with van der Waals surface area (Å²) in [5.41, 5.74) is 6.57. The molecule has 0 aromatic heterocycles. The van der Waals surface area contributed by atoms with Gasteiger partial charge in [-0.2, -0.15) is 0 Å². The highest BCUT2D eigenvalue weighted by molar-refractivity contribution is 7.92. The van der Waals surface area contributed by atoms with Crippen LogP contribution in [-0.4, -0.2) is 8.42 Å². The van der Waals surface area contributed by atoms with Gasteiger partial charge in [0.05, 0.1) is 4.90 Å². The van der Waals surface area contributed by atoms with E-state index < -0.39 is 10.0 Å². The Morgan fingerprint density at radius 1 is 0.947 bits per heavy atom. The molecule has 0 heterocycles. The van der Waals surface area contributed by atoms with E-state index in [0.717, 1.165) is 0 Å². The number of sulfonamides is 1. The van der Waals surface area contributed by atoms with Crippen LogP contribution in [-0.2, 0) is 10.0 Å². The van der Waals surface area contributed by atoms with Crippen molar-refractivity contribution in [3.05, 3.63) is 53.4 Å². The van der Waals surface area contributed by atoms with Crippen LogP contribution in [0.2, 0.25) is 0 Å². The molecule has 2 rings (SSSR count). The van der Waals surface area contributed by atoms with Gasteiger partial charge in [0.2, 0.25) is 0 Å². The van der Waals surface area contributed by atoms with Crippen LogP contribution in [0.15, 0.2) is 58.6 Å². The van der Waals surface area contributed by atoms with Crippen LogP contribution in [0.5, 0.6) is 0 Å². The van der Waals surface area contributed by atoms with Gasteiger partial charge < -0.3 is 5.73 Å². The Labute approximate surface area is 110 Å². The van der Waals surface area contributed by atoms with Gasteiger partial charge in [-0.3, -0.25) is 4.72 Å². The lowest BCUT2D eigenvalue weighted by Gasteiger charge is -2.08. The number of hydrogen-bond acceptors (Lipinski definition) is 5. The fourth-order valence-electron chi connectivity index (χ4n) is 1.45. The number of nitrogens with one attached hydrogen (secondary N) is 1. The topological polar surface area (TPSA) is 102 Å². The summed E-state index contributed by atoms with van der Waals surface area (Å²) in [6, 6.07) is 11.6. The van der Waals surface area contributed by atoms with Crippen LogP contribution in [0.25, 0.3) is 0 Å². The average molecular weight is 277 g/mol. The van der Waals surface area contributed by atoms with Crippen LogP contribution in [0.3, 0.4) is 0 Å². The molecule has 0 aliphatic carbocycles. The molecule has 0 radical (unpaired) electrons. The normalized spacial score (nSPS) is 10.9. The summed E-state index contributed by atoms with van der Waals surface area (Å²) in [7, 11) is -3.66. The summed E-state index contributed by atoms with van der Waals surface area (Å²) >= 11 is 0. The number of nitroso groups, excluding NO2 is 1. The number of benzene rings is 2. The number of nitrogens with two attached hydrogens (primary N) is 1. The first-order valence-corrected chi connectivity index (χ1v) is 6.81. The summed E-state index contributed by atoms with van der Waals surface area (Å²) in [6.07, 6.45) is 0. The molecule has 2 aromatic rings. The van der Waals surface area contributed by atoms with E-state index in [1.165, 1.54) is 48.5 Å². The lowest BCUT2D eigenvalue weighted by molar-refractivity contribution is 0.601. The molecule has 0 amide bonds. The zero-order valence-electron chi connectivity index (χ0n) is 9.78. The van der Waals surface area contributed by atoms with Crippen molar-refractivity contribution < 1.29 is 8.42 Å². The van der Waals surface area contributed by atoms with Crippen molar-refractivity contribution in [1.82, 2.24) is 0 Å². The molecule has 0 fully saturated rings. The number of anilines is 2. The molecular formula is C12H11N3O3S. The molecule has 0 bridgehead atoms. The third-order valence-corrected chi connectivity index (χ3v) is 3.81. The van der Waals surface area contributed by atoms with Crippen molar-refractivity contribution in [1.29, 1.82) is 0 Å². The van der Waals surface area contributed by atoms with Crippen LogP contribution in [0, 0.1) is 4.91 Å². The predicted molar refractivity (Wildman–Crippen MR) is 73.6 cm³/mol. The van der Waals surface area contributed by atoms with Crippen LogP contribution < -0.4 is 10.5 Å². The van der Waals surface area contributed by atoms with Crippen molar-refractivity contribution >= 4 is 27.1 Å². The van der Waals surface area contributed by atoms with E-state index in [2.05, 4.69) is 9.90 Å². The van der Waals surface area contributed by atoms with E-state index >= 15 is 0 Å². The first-order chi connectivity index (χ1) is 9.01. The zero-order chi connectivity index (χ0) is 13.9. The summed E-state index contributed by atoms with van der Waals surface area (Å²) < 4.78 is 26.5. The lowest BCUT2D eigenvalue weighted by atomic mass is 10.3. The van der Waals surface area contributed by atoms with E-state index in [1.807, 2.05) is 0 Å². The molecule has 0 saturated carbocycles. The molecule has 0 atom stereocenters. The van der Waals surface area contributed by atoms with Gasteiger partial charge in [-0.15, -0.1) is 4.91 Å². The van der Waals surface area contributed by atoms with Crippen molar-refractivity contribution in [2.75, 3.05) is 10.5 Å². The standard InChI is InChI=1S/C12H11N3O3S/c13-9-1-7-12(8-2-9)19(17,18)15-11-5-3-10(14-16)4-6-11/h1-8,15H,13H2.